The van der Waals surface area contributed by atoms with Crippen LogP contribution in [0.2, 0.25) is 0 Å². The Kier molecular flexibility index (Phi) is 5.94. The number of hydrogen-bond donors (Lipinski definition) is 0. The van der Waals surface area contributed by atoms with E-state index >= 15 is 0 Å². The van der Waals surface area contributed by atoms with Crippen LogP contribution in [0.1, 0.15) is 55.3 Å². The van der Waals surface area contributed by atoms with Gasteiger partial charge in [0.2, 0.25) is 11.8 Å². The first-order valence-corrected chi connectivity index (χ1v) is 11.0. The summed E-state index contributed by atoms with van der Waals surface area (Å²) >= 11 is 0. The van der Waals surface area contributed by atoms with Crippen LogP contribution in [0.25, 0.3) is 0 Å². The predicted molar refractivity (Wildman–Crippen MR) is 118 cm³/mol. The maximum atomic E-state index is 12.8. The molecule has 2 aliphatic rings. The molecule has 0 saturated carbocycles. The molecule has 1 unspecified atom stereocenters. The van der Waals surface area contributed by atoms with Gasteiger partial charge in [0.05, 0.1) is 20.1 Å². The molecule has 7 nitrogen and oxygen atoms in total. The molecule has 2 amide bonds. The molecule has 1 aromatic carbocycles. The van der Waals surface area contributed by atoms with E-state index in [4.69, 9.17) is 14.7 Å². The molecule has 2 aliphatic heterocycles. The highest BCUT2D eigenvalue weighted by atomic mass is 16.5. The van der Waals surface area contributed by atoms with Crippen molar-refractivity contribution in [3.63, 3.8) is 0 Å². The SMILES string of the molecule is COc1ccc(CN2C(=O)Cc3c(C)nc(C4CCCN(C(=O)C(C)C)C4)nc32)cc1. The van der Waals surface area contributed by atoms with Crippen LogP contribution >= 0.6 is 0 Å². The fourth-order valence-electron chi connectivity index (χ4n) is 4.41. The molecule has 0 N–H and O–H groups in total. The second-order valence-electron chi connectivity index (χ2n) is 8.75. The summed E-state index contributed by atoms with van der Waals surface area (Å²) in [4.78, 5) is 38.6. The number of carbonyl (C=O) groups is 2. The number of fused-ring (bicyclic) bond motifs is 1. The molecule has 4 rings (SSSR count). The monoisotopic (exact) mass is 422 g/mol. The van der Waals surface area contributed by atoms with E-state index in [1.807, 2.05) is 49.9 Å². The molecular weight excluding hydrogens is 392 g/mol. The second kappa shape index (κ2) is 8.65. The number of rotatable bonds is 5. The van der Waals surface area contributed by atoms with E-state index in [1.54, 1.807) is 12.0 Å². The molecule has 3 heterocycles. The van der Waals surface area contributed by atoms with Crippen LogP contribution in [0.3, 0.4) is 0 Å². The first kappa shape index (κ1) is 21.3. The quantitative estimate of drug-likeness (QED) is 0.739. The van der Waals surface area contributed by atoms with Crippen LogP contribution in [0.5, 0.6) is 5.75 Å². The molecular formula is C24H30N4O3. The third-order valence-corrected chi connectivity index (χ3v) is 6.19. The lowest BCUT2D eigenvalue weighted by molar-refractivity contribution is -0.135. The van der Waals surface area contributed by atoms with Crippen molar-refractivity contribution in [3.05, 3.63) is 46.9 Å². The van der Waals surface area contributed by atoms with Crippen LogP contribution in [-0.4, -0.2) is 46.9 Å². The molecule has 31 heavy (non-hydrogen) atoms. The van der Waals surface area contributed by atoms with E-state index in [0.29, 0.717) is 19.5 Å². The number of aromatic nitrogens is 2. The van der Waals surface area contributed by atoms with Gasteiger partial charge in [-0.3, -0.25) is 14.5 Å². The number of carbonyl (C=O) groups excluding carboxylic acids is 2. The van der Waals surface area contributed by atoms with Crippen molar-refractivity contribution in [3.8, 4) is 5.75 Å². The number of benzene rings is 1. The largest absolute Gasteiger partial charge is 0.497 e. The van der Waals surface area contributed by atoms with Crippen LogP contribution < -0.4 is 9.64 Å². The van der Waals surface area contributed by atoms with Gasteiger partial charge >= 0.3 is 0 Å². The van der Waals surface area contributed by atoms with E-state index in [1.165, 1.54) is 0 Å². The fraction of sp³-hybridized carbons (Fsp3) is 0.500. The van der Waals surface area contributed by atoms with Crippen molar-refractivity contribution in [1.82, 2.24) is 14.9 Å². The van der Waals surface area contributed by atoms with Gasteiger partial charge in [-0.15, -0.1) is 0 Å². The summed E-state index contributed by atoms with van der Waals surface area (Å²) in [7, 11) is 1.64. The maximum Gasteiger partial charge on any atom is 0.233 e. The molecule has 1 aromatic heterocycles. The molecule has 0 radical (unpaired) electrons. The number of methoxy groups -OCH3 is 1. The third kappa shape index (κ3) is 4.27. The zero-order valence-corrected chi connectivity index (χ0v) is 18.7. The van der Waals surface area contributed by atoms with Crippen molar-refractivity contribution >= 4 is 17.6 Å². The molecule has 164 valence electrons. The maximum absolute atomic E-state index is 12.8. The normalized spacial score (nSPS) is 18.5. The van der Waals surface area contributed by atoms with Gasteiger partial charge in [0.25, 0.3) is 0 Å². The lowest BCUT2D eigenvalue weighted by Crippen LogP contribution is -2.41. The summed E-state index contributed by atoms with van der Waals surface area (Å²) in [5.74, 6) is 2.55. The Morgan fingerprint density at radius 2 is 1.97 bits per heavy atom. The van der Waals surface area contributed by atoms with E-state index in [-0.39, 0.29) is 23.7 Å². The van der Waals surface area contributed by atoms with Crippen molar-refractivity contribution in [2.24, 2.45) is 5.92 Å². The zero-order chi connectivity index (χ0) is 22.1. The third-order valence-electron chi connectivity index (χ3n) is 6.19. The summed E-state index contributed by atoms with van der Waals surface area (Å²) in [5.41, 5.74) is 2.79. The highest BCUT2D eigenvalue weighted by molar-refractivity contribution is 6.00. The Morgan fingerprint density at radius 3 is 2.65 bits per heavy atom. The molecule has 0 aliphatic carbocycles. The minimum Gasteiger partial charge on any atom is -0.497 e. The van der Waals surface area contributed by atoms with Gasteiger partial charge in [-0.25, -0.2) is 9.97 Å². The first-order chi connectivity index (χ1) is 14.9. The van der Waals surface area contributed by atoms with Crippen LogP contribution in [-0.2, 0) is 22.6 Å². The van der Waals surface area contributed by atoms with Crippen LogP contribution in [0.15, 0.2) is 24.3 Å². The second-order valence-corrected chi connectivity index (χ2v) is 8.75. The van der Waals surface area contributed by atoms with E-state index in [2.05, 4.69) is 0 Å². The molecule has 7 heteroatoms. The summed E-state index contributed by atoms with van der Waals surface area (Å²) in [6, 6.07) is 7.73. The van der Waals surface area contributed by atoms with Crippen molar-refractivity contribution < 1.29 is 14.3 Å². The summed E-state index contributed by atoms with van der Waals surface area (Å²) < 4.78 is 5.23. The Hall–Kier alpha value is -2.96. The van der Waals surface area contributed by atoms with Gasteiger partial charge in [-0.05, 0) is 37.5 Å². The Bertz CT molecular complexity index is 987. The molecule has 0 spiro atoms. The Morgan fingerprint density at radius 1 is 1.23 bits per heavy atom. The van der Waals surface area contributed by atoms with Crippen molar-refractivity contribution in [1.29, 1.82) is 0 Å². The van der Waals surface area contributed by atoms with Crippen molar-refractivity contribution in [2.45, 2.75) is 52.5 Å². The highest BCUT2D eigenvalue weighted by Gasteiger charge is 2.34. The van der Waals surface area contributed by atoms with Crippen LogP contribution in [0.4, 0.5) is 5.82 Å². The van der Waals surface area contributed by atoms with Crippen molar-refractivity contribution in [2.75, 3.05) is 25.1 Å². The van der Waals surface area contributed by atoms with Gasteiger partial charge in [0.1, 0.15) is 17.4 Å². The molecule has 1 fully saturated rings. The molecule has 1 saturated heterocycles. The van der Waals surface area contributed by atoms with Gasteiger partial charge in [-0.1, -0.05) is 26.0 Å². The standard InChI is InChI=1S/C24H30N4O3/c1-15(2)24(30)27-11-5-6-18(14-27)22-25-16(3)20-12-21(29)28(23(20)26-22)13-17-7-9-19(31-4)10-8-17/h7-10,15,18H,5-6,11-14H2,1-4H3. The van der Waals surface area contributed by atoms with E-state index in [9.17, 15) is 9.59 Å². The molecule has 0 bridgehead atoms. The Balaban J connectivity index is 1.59. The fourth-order valence-corrected chi connectivity index (χ4v) is 4.41. The van der Waals surface area contributed by atoms with E-state index in [0.717, 1.165) is 53.6 Å². The highest BCUT2D eigenvalue weighted by Crippen LogP contribution is 2.34. The Labute approximate surface area is 183 Å². The summed E-state index contributed by atoms with van der Waals surface area (Å²) in [6.45, 7) is 7.72. The number of ether oxygens (including phenoxy) is 1. The van der Waals surface area contributed by atoms with E-state index < -0.39 is 0 Å². The number of aryl methyl sites for hydroxylation is 1. The number of anilines is 1. The summed E-state index contributed by atoms with van der Waals surface area (Å²) in [6.07, 6.45) is 2.23. The smallest absolute Gasteiger partial charge is 0.233 e. The van der Waals surface area contributed by atoms with Gasteiger partial charge in [-0.2, -0.15) is 0 Å². The number of piperidine rings is 1. The minimum atomic E-state index is -0.0148. The average molecular weight is 423 g/mol. The number of hydrogen-bond acceptors (Lipinski definition) is 5. The lowest BCUT2D eigenvalue weighted by Gasteiger charge is -2.33. The topological polar surface area (TPSA) is 75.6 Å². The number of nitrogens with zero attached hydrogens (tertiary/aromatic N) is 4. The predicted octanol–water partition coefficient (Wildman–Crippen LogP) is 3.24. The lowest BCUT2D eigenvalue weighted by atomic mass is 9.95. The number of amides is 2. The molecule has 2 aromatic rings. The van der Waals surface area contributed by atoms with Crippen LogP contribution in [0, 0.1) is 12.8 Å². The van der Waals surface area contributed by atoms with Gasteiger partial charge < -0.3 is 9.64 Å². The van der Waals surface area contributed by atoms with Gasteiger partial charge in [0, 0.05) is 36.2 Å². The van der Waals surface area contributed by atoms with Gasteiger partial charge in [0.15, 0.2) is 0 Å². The zero-order valence-electron chi connectivity index (χ0n) is 18.7. The summed E-state index contributed by atoms with van der Waals surface area (Å²) in [5, 5.41) is 0. The molecule has 1 atom stereocenters. The number of likely N-dealkylation sites (tertiary alicyclic amines) is 1. The first-order valence-electron chi connectivity index (χ1n) is 11.0. The average Bonchev–Trinajstić information content (AvgIpc) is 3.09. The minimum absolute atomic E-state index is 0.0148.